The van der Waals surface area contributed by atoms with Crippen molar-refractivity contribution in [2.45, 2.75) is 6.42 Å². The third-order valence-corrected chi connectivity index (χ3v) is 18.2. The second-order valence-corrected chi connectivity index (χ2v) is 22.4. The summed E-state index contributed by atoms with van der Waals surface area (Å²) in [6, 6.07) is 96.8. The minimum absolute atomic E-state index is 0.993. The van der Waals surface area contributed by atoms with Crippen LogP contribution in [0.15, 0.2) is 255 Å². The molecule has 0 fully saturated rings. The summed E-state index contributed by atoms with van der Waals surface area (Å²) in [6.07, 6.45) is 0.993. The van der Waals surface area contributed by atoms with Gasteiger partial charge in [0.05, 0.1) is 33.1 Å². The van der Waals surface area contributed by atoms with Crippen molar-refractivity contribution in [1.82, 2.24) is 8.80 Å². The number of nitrogens with zero attached hydrogens (tertiary/aromatic N) is 2. The highest BCUT2D eigenvalue weighted by Crippen LogP contribution is 2.48. The zero-order chi connectivity index (χ0) is 51.2. The molecule has 0 radical (unpaired) electrons. The van der Waals surface area contributed by atoms with Crippen LogP contribution >= 0.6 is 0 Å². The SMILES string of the molecule is c1ccc(-c2ccc(-c3cc4c5cc6ccccc6cc5n5c6cc7cccc(-c8ccc9cc%10c(cc9c8)c8cc(-c9ccc%11c(c9)-c9ccccc9C%11)cc9c%11cc%12ccccc%12cc%11n%10c98)c7cc6c(c3)c45)cc2)cc1. The average molecular weight is 997 g/mol. The van der Waals surface area contributed by atoms with Gasteiger partial charge in [0.15, 0.2) is 0 Å². The number of fused-ring (bicyclic) bond motifs is 19. The number of benzene rings is 14. The van der Waals surface area contributed by atoms with Crippen LogP contribution < -0.4 is 0 Å². The second kappa shape index (κ2) is 15.2. The van der Waals surface area contributed by atoms with Crippen molar-refractivity contribution in [1.29, 1.82) is 0 Å². The molecule has 0 bridgehead atoms. The Balaban J connectivity index is 0.816. The normalized spacial score (nSPS) is 12.8. The lowest BCUT2D eigenvalue weighted by Gasteiger charge is -2.11. The monoisotopic (exact) mass is 996 g/mol. The number of rotatable bonds is 4. The maximum absolute atomic E-state index is 2.55. The molecule has 362 valence electrons. The van der Waals surface area contributed by atoms with Gasteiger partial charge in [0.25, 0.3) is 0 Å². The van der Waals surface area contributed by atoms with E-state index in [9.17, 15) is 0 Å². The Morgan fingerprint density at radius 1 is 0.203 bits per heavy atom. The van der Waals surface area contributed by atoms with Crippen molar-refractivity contribution in [3.63, 3.8) is 0 Å². The molecule has 0 saturated heterocycles. The molecule has 0 atom stereocenters. The number of hydrogen-bond donors (Lipinski definition) is 0. The van der Waals surface area contributed by atoms with Gasteiger partial charge < -0.3 is 8.80 Å². The largest absolute Gasteiger partial charge is 0.308 e. The fourth-order valence-electron chi connectivity index (χ4n) is 14.5. The van der Waals surface area contributed by atoms with E-state index in [0.717, 1.165) is 6.42 Å². The van der Waals surface area contributed by atoms with Gasteiger partial charge in [0, 0.05) is 43.1 Å². The lowest BCUT2D eigenvalue weighted by molar-refractivity contribution is 1.26. The fraction of sp³-hybridized carbons (Fsp3) is 0.0130. The van der Waals surface area contributed by atoms with E-state index in [1.165, 1.54) is 186 Å². The van der Waals surface area contributed by atoms with Gasteiger partial charge in [-0.25, -0.2) is 0 Å². The minimum Gasteiger partial charge on any atom is -0.308 e. The highest BCUT2D eigenvalue weighted by molar-refractivity contribution is 6.29. The predicted molar refractivity (Wildman–Crippen MR) is 336 cm³/mol. The first-order valence-corrected chi connectivity index (χ1v) is 27.7. The van der Waals surface area contributed by atoms with Gasteiger partial charge in [-0.2, -0.15) is 0 Å². The van der Waals surface area contributed by atoms with Gasteiger partial charge in [-0.1, -0.05) is 170 Å². The van der Waals surface area contributed by atoms with Crippen LogP contribution in [0.3, 0.4) is 0 Å². The molecular weight excluding hydrogens is 953 g/mol. The molecule has 4 heterocycles. The molecule has 4 aromatic heterocycles. The zero-order valence-corrected chi connectivity index (χ0v) is 42.9. The number of hydrogen-bond acceptors (Lipinski definition) is 0. The summed E-state index contributed by atoms with van der Waals surface area (Å²) in [5.74, 6) is 0. The van der Waals surface area contributed by atoms with Crippen LogP contribution in [0.1, 0.15) is 11.1 Å². The highest BCUT2D eigenvalue weighted by Gasteiger charge is 2.25. The Bertz CT molecular complexity index is 5680. The molecule has 0 unspecified atom stereocenters. The van der Waals surface area contributed by atoms with Crippen LogP contribution in [0.25, 0.3) is 175 Å². The molecule has 14 aromatic carbocycles. The van der Waals surface area contributed by atoms with E-state index in [-0.39, 0.29) is 0 Å². The fourth-order valence-corrected chi connectivity index (χ4v) is 14.5. The quantitative estimate of drug-likeness (QED) is 0.166. The average Bonchev–Trinajstić information content (AvgIpc) is 4.39. The van der Waals surface area contributed by atoms with E-state index in [4.69, 9.17) is 0 Å². The topological polar surface area (TPSA) is 8.82 Å². The van der Waals surface area contributed by atoms with Gasteiger partial charge in [0.2, 0.25) is 0 Å². The van der Waals surface area contributed by atoms with Crippen LogP contribution in [0.4, 0.5) is 0 Å². The molecule has 0 amide bonds. The van der Waals surface area contributed by atoms with Crippen LogP contribution in [-0.4, -0.2) is 8.80 Å². The molecule has 1 aliphatic carbocycles. The van der Waals surface area contributed by atoms with Gasteiger partial charge in [-0.3, -0.25) is 0 Å². The molecule has 79 heavy (non-hydrogen) atoms. The molecule has 0 N–H and O–H groups in total. The van der Waals surface area contributed by atoms with Gasteiger partial charge in [-0.05, 0) is 201 Å². The Hall–Kier alpha value is -10.3. The van der Waals surface area contributed by atoms with Crippen LogP contribution in [0.2, 0.25) is 0 Å². The van der Waals surface area contributed by atoms with Crippen molar-refractivity contribution in [2.75, 3.05) is 0 Å². The summed E-state index contributed by atoms with van der Waals surface area (Å²) in [6.45, 7) is 0. The molecule has 2 heteroatoms. The van der Waals surface area contributed by atoms with E-state index in [2.05, 4.69) is 264 Å². The summed E-state index contributed by atoms with van der Waals surface area (Å²) in [5.41, 5.74) is 23.0. The third-order valence-electron chi connectivity index (χ3n) is 18.2. The smallest absolute Gasteiger partial charge is 0.0620 e. The summed E-state index contributed by atoms with van der Waals surface area (Å²) in [5, 5.41) is 20.3. The molecule has 2 nitrogen and oxygen atoms in total. The molecule has 0 saturated carbocycles. The maximum atomic E-state index is 2.55. The van der Waals surface area contributed by atoms with Gasteiger partial charge >= 0.3 is 0 Å². The summed E-state index contributed by atoms with van der Waals surface area (Å²) in [4.78, 5) is 0. The van der Waals surface area contributed by atoms with Crippen molar-refractivity contribution >= 4 is 119 Å². The molecule has 1 aliphatic rings. The molecule has 0 aliphatic heterocycles. The van der Waals surface area contributed by atoms with E-state index in [1.54, 1.807) is 0 Å². The first-order chi connectivity index (χ1) is 39.1. The van der Waals surface area contributed by atoms with Crippen LogP contribution in [-0.2, 0) is 6.42 Å². The van der Waals surface area contributed by atoms with Crippen molar-refractivity contribution in [3.05, 3.63) is 266 Å². The van der Waals surface area contributed by atoms with E-state index in [0.29, 0.717) is 0 Å². The van der Waals surface area contributed by atoms with Crippen LogP contribution in [0, 0.1) is 0 Å². The van der Waals surface area contributed by atoms with Gasteiger partial charge in [0.1, 0.15) is 0 Å². The van der Waals surface area contributed by atoms with Crippen LogP contribution in [0.5, 0.6) is 0 Å². The Morgan fingerprint density at radius 3 is 1.27 bits per heavy atom. The van der Waals surface area contributed by atoms with Gasteiger partial charge in [-0.15, -0.1) is 0 Å². The van der Waals surface area contributed by atoms with Crippen molar-refractivity contribution in [3.8, 4) is 55.6 Å². The number of aromatic nitrogens is 2. The zero-order valence-electron chi connectivity index (χ0n) is 42.9. The van der Waals surface area contributed by atoms with E-state index < -0.39 is 0 Å². The predicted octanol–water partition coefficient (Wildman–Crippen LogP) is 20.8. The van der Waals surface area contributed by atoms with Crippen molar-refractivity contribution < 1.29 is 0 Å². The molecular formula is C77H44N2. The standard InChI is InChI=1S/C77H44N2/c1-2-11-44(12-3-1)45-21-23-46(24-22-45)58-35-68-64-32-47-13-4-7-16-50(47)40-73(64)79-75-42-54-18-10-20-61(63(54)43-67(75)71(36-58)77(68)79)55-27-26-52-41-74-66(34-57(52)30-55)70-38-59(51-25-28-56-29-53-17-8-9-19-60(53)62(56)31-51)37-69-65-33-48-14-5-6-15-49(48)39-72(65)78(74)76(69)70/h1-28,30-43H,29H2. The Labute approximate surface area is 453 Å². The Morgan fingerprint density at radius 2 is 0.633 bits per heavy atom. The third kappa shape index (κ3) is 5.79. The summed E-state index contributed by atoms with van der Waals surface area (Å²) < 4.78 is 5.10. The lowest BCUT2D eigenvalue weighted by atomic mass is 9.93. The molecule has 19 rings (SSSR count). The molecule has 18 aromatic rings. The summed E-state index contributed by atoms with van der Waals surface area (Å²) in [7, 11) is 0. The summed E-state index contributed by atoms with van der Waals surface area (Å²) >= 11 is 0. The minimum atomic E-state index is 0.993. The Kier molecular flexibility index (Phi) is 8.08. The van der Waals surface area contributed by atoms with Crippen molar-refractivity contribution in [2.24, 2.45) is 0 Å². The maximum Gasteiger partial charge on any atom is 0.0620 e. The lowest BCUT2D eigenvalue weighted by Crippen LogP contribution is -1.86. The van der Waals surface area contributed by atoms with E-state index in [1.807, 2.05) is 0 Å². The highest BCUT2D eigenvalue weighted by atomic mass is 14.9. The molecule has 0 spiro atoms. The first-order valence-electron chi connectivity index (χ1n) is 27.7. The van der Waals surface area contributed by atoms with E-state index >= 15 is 0 Å². The first kappa shape index (κ1) is 41.9. The second-order valence-electron chi connectivity index (χ2n) is 22.4.